The minimum Gasteiger partial charge on any atom is -0.480 e. The topological polar surface area (TPSA) is 108 Å². The van der Waals surface area contributed by atoms with Crippen molar-refractivity contribution < 1.29 is 19.5 Å². The molecule has 7 atom stereocenters. The second-order valence-electron chi connectivity index (χ2n) is 8.67. The highest BCUT2D eigenvalue weighted by atomic mass is 35.5. The summed E-state index contributed by atoms with van der Waals surface area (Å²) in [5.41, 5.74) is 1.04. The molecule has 0 spiro atoms. The van der Waals surface area contributed by atoms with Gasteiger partial charge in [-0.1, -0.05) is 35.1 Å². The summed E-state index contributed by atoms with van der Waals surface area (Å²) in [6, 6.07) is 7.60. The number of hydrogen-bond acceptors (Lipinski definition) is 6. The highest BCUT2D eigenvalue weighted by molar-refractivity contribution is 8.00. The summed E-state index contributed by atoms with van der Waals surface area (Å²) in [7, 11) is 0. The number of fused-ring (bicyclic) bond motifs is 9. The molecule has 31 heavy (non-hydrogen) atoms. The molecule has 4 aliphatic rings. The Morgan fingerprint density at radius 3 is 2.48 bits per heavy atom. The number of nitrogens with zero attached hydrogens (tertiary/aromatic N) is 1. The number of imide groups is 1. The quantitative estimate of drug-likeness (QED) is 0.659. The number of likely N-dealkylation sites (tertiary alicyclic amines) is 1. The summed E-state index contributed by atoms with van der Waals surface area (Å²) in [4.78, 5) is 54.3. The van der Waals surface area contributed by atoms with Crippen molar-refractivity contribution in [3.63, 3.8) is 0 Å². The molecule has 3 heterocycles. The van der Waals surface area contributed by atoms with Crippen LogP contribution in [0.5, 0.6) is 0 Å². The summed E-state index contributed by atoms with van der Waals surface area (Å²) in [6.07, 6.45) is 0.777. The first-order chi connectivity index (χ1) is 14.8. The van der Waals surface area contributed by atoms with Gasteiger partial charge in [0, 0.05) is 21.1 Å². The molecule has 2 aliphatic heterocycles. The molecule has 1 saturated heterocycles. The third-order valence-electron chi connectivity index (χ3n) is 7.34. The number of thioether (sulfide) groups is 1. The van der Waals surface area contributed by atoms with E-state index in [9.17, 15) is 19.2 Å². The van der Waals surface area contributed by atoms with Crippen LogP contribution in [0, 0.1) is 29.6 Å². The van der Waals surface area contributed by atoms with Gasteiger partial charge in [0.15, 0.2) is 0 Å². The maximum Gasteiger partial charge on any atom is 0.323 e. The average molecular weight is 477 g/mol. The normalized spacial score (nSPS) is 35.3. The van der Waals surface area contributed by atoms with E-state index in [1.54, 1.807) is 11.8 Å². The monoisotopic (exact) mass is 476 g/mol. The van der Waals surface area contributed by atoms with Crippen LogP contribution >= 0.6 is 34.7 Å². The number of carboxylic acid groups (broad SMARTS) is 1. The lowest BCUT2D eigenvalue weighted by molar-refractivity contribution is -0.149. The molecule has 1 aromatic heterocycles. The van der Waals surface area contributed by atoms with Crippen LogP contribution in [-0.4, -0.2) is 44.6 Å². The van der Waals surface area contributed by atoms with E-state index in [2.05, 4.69) is 4.98 Å². The standard InChI is InChI=1S/C21H17ClN2O5S2/c22-8-3-1-7(2-4-8)12-13-9-5-10(16(13)30-18-17(12)31-21(29)23-18)15-14(9)19(27)24(20(15)28)6-11(25)26/h1-4,9-10,12-16H,5-6H2,(H,23,29)(H,25,26)/t9-,10-,12+,13+,14-,15+,16-/m1/s1. The summed E-state index contributed by atoms with van der Waals surface area (Å²) in [5, 5.41) is 10.7. The molecule has 2 aromatic rings. The number of nitrogens with one attached hydrogen (secondary N) is 1. The number of amides is 2. The molecule has 2 N–H and O–H groups in total. The first-order valence-corrected chi connectivity index (χ1v) is 12.1. The molecule has 10 heteroatoms. The number of halogens is 1. The van der Waals surface area contributed by atoms with Crippen LogP contribution in [-0.2, 0) is 14.4 Å². The molecule has 3 fully saturated rings. The highest BCUT2D eigenvalue weighted by Crippen LogP contribution is 2.68. The van der Waals surface area contributed by atoms with Gasteiger partial charge in [0.25, 0.3) is 0 Å². The number of carboxylic acids is 1. The van der Waals surface area contributed by atoms with Crippen LogP contribution in [0.4, 0.5) is 0 Å². The lowest BCUT2D eigenvalue weighted by Crippen LogP contribution is -2.42. The summed E-state index contributed by atoms with van der Waals surface area (Å²) in [6.45, 7) is -0.576. The van der Waals surface area contributed by atoms with E-state index in [0.29, 0.717) is 5.02 Å². The van der Waals surface area contributed by atoms with Crippen LogP contribution in [0.3, 0.4) is 0 Å². The molecule has 7 nitrogen and oxygen atoms in total. The van der Waals surface area contributed by atoms with E-state index in [4.69, 9.17) is 16.7 Å². The number of H-pyrrole nitrogens is 1. The largest absolute Gasteiger partial charge is 0.480 e. The Morgan fingerprint density at radius 2 is 1.81 bits per heavy atom. The third kappa shape index (κ3) is 2.66. The average Bonchev–Trinajstić information content (AvgIpc) is 3.44. The molecule has 6 rings (SSSR count). The van der Waals surface area contributed by atoms with Crippen molar-refractivity contribution in [1.82, 2.24) is 9.88 Å². The van der Waals surface area contributed by atoms with E-state index in [1.165, 1.54) is 11.3 Å². The Balaban J connectivity index is 1.45. The first kappa shape index (κ1) is 19.6. The van der Waals surface area contributed by atoms with Crippen LogP contribution in [0.25, 0.3) is 0 Å². The van der Waals surface area contributed by atoms with E-state index >= 15 is 0 Å². The molecular weight excluding hydrogens is 460 g/mol. The van der Waals surface area contributed by atoms with Crippen molar-refractivity contribution in [2.45, 2.75) is 22.6 Å². The number of aromatic amines is 1. The van der Waals surface area contributed by atoms with Gasteiger partial charge in [-0.25, -0.2) is 0 Å². The maximum atomic E-state index is 13.1. The van der Waals surface area contributed by atoms with Crippen LogP contribution < -0.4 is 4.87 Å². The molecule has 0 unspecified atom stereocenters. The third-order valence-corrected chi connectivity index (χ3v) is 10.2. The smallest absolute Gasteiger partial charge is 0.323 e. The fourth-order valence-corrected chi connectivity index (χ4v) is 9.43. The maximum absolute atomic E-state index is 13.1. The zero-order valence-electron chi connectivity index (χ0n) is 16.0. The first-order valence-electron chi connectivity index (χ1n) is 10.1. The van der Waals surface area contributed by atoms with Gasteiger partial charge in [-0.3, -0.25) is 24.1 Å². The number of aromatic nitrogens is 1. The minimum atomic E-state index is -1.18. The number of benzene rings is 1. The van der Waals surface area contributed by atoms with E-state index in [0.717, 1.165) is 26.8 Å². The summed E-state index contributed by atoms with van der Waals surface area (Å²) >= 11 is 8.92. The molecule has 2 amide bonds. The van der Waals surface area contributed by atoms with Crippen LogP contribution in [0.15, 0.2) is 34.1 Å². The Hall–Kier alpha value is -2.10. The van der Waals surface area contributed by atoms with E-state index in [1.807, 2.05) is 24.3 Å². The van der Waals surface area contributed by atoms with Crippen molar-refractivity contribution in [2.75, 3.05) is 6.54 Å². The predicted molar refractivity (Wildman–Crippen MR) is 114 cm³/mol. The van der Waals surface area contributed by atoms with Crippen molar-refractivity contribution >= 4 is 52.5 Å². The lowest BCUT2D eigenvalue weighted by atomic mass is 9.68. The van der Waals surface area contributed by atoms with Gasteiger partial charge < -0.3 is 10.1 Å². The van der Waals surface area contributed by atoms with E-state index < -0.39 is 24.3 Å². The summed E-state index contributed by atoms with van der Waals surface area (Å²) < 4.78 is 0. The van der Waals surface area contributed by atoms with Crippen molar-refractivity contribution in [3.8, 4) is 0 Å². The summed E-state index contributed by atoms with van der Waals surface area (Å²) in [5.74, 6) is -2.80. The van der Waals surface area contributed by atoms with Gasteiger partial charge in [0.1, 0.15) is 6.54 Å². The molecule has 0 radical (unpaired) electrons. The van der Waals surface area contributed by atoms with Crippen LogP contribution in [0.2, 0.25) is 5.02 Å². The Labute approximate surface area is 189 Å². The Bertz CT molecular complexity index is 1190. The Morgan fingerprint density at radius 1 is 1.13 bits per heavy atom. The minimum absolute atomic E-state index is 0.00778. The second kappa shape index (κ2) is 6.70. The van der Waals surface area contributed by atoms with Crippen molar-refractivity contribution in [3.05, 3.63) is 49.4 Å². The van der Waals surface area contributed by atoms with Crippen molar-refractivity contribution in [1.29, 1.82) is 0 Å². The van der Waals surface area contributed by atoms with Gasteiger partial charge in [0.05, 0.1) is 16.9 Å². The molecule has 1 aromatic carbocycles. The fraction of sp³-hybridized carbons (Fsp3) is 0.429. The van der Waals surface area contributed by atoms with E-state index in [-0.39, 0.29) is 45.6 Å². The molecule has 2 bridgehead atoms. The van der Waals surface area contributed by atoms with Crippen molar-refractivity contribution in [2.24, 2.45) is 29.6 Å². The zero-order chi connectivity index (χ0) is 21.6. The van der Waals surface area contributed by atoms with Gasteiger partial charge in [-0.15, -0.1) is 11.8 Å². The number of thiazole rings is 1. The molecule has 2 aliphatic carbocycles. The predicted octanol–water partition coefficient (Wildman–Crippen LogP) is 2.65. The zero-order valence-corrected chi connectivity index (χ0v) is 18.4. The molecular formula is C21H17ClN2O5S2. The number of carbonyl (C=O) groups excluding carboxylic acids is 2. The molecule has 160 valence electrons. The number of aliphatic carboxylic acids is 1. The van der Waals surface area contributed by atoms with Crippen LogP contribution in [0.1, 0.15) is 22.8 Å². The number of rotatable bonds is 3. The number of hydrogen-bond donors (Lipinski definition) is 2. The SMILES string of the molecule is O=C(O)CN1C(=O)[C@@H]2[C@@H]3C[C@@H]([C@H]4Sc5[nH]c(=O)sc5[C@@H](c5ccc(Cl)cc5)[C@H]34)[C@@H]2C1=O. The van der Waals surface area contributed by atoms with Gasteiger partial charge >= 0.3 is 10.8 Å². The lowest BCUT2D eigenvalue weighted by Gasteiger charge is -2.43. The Kier molecular flexibility index (Phi) is 4.23. The van der Waals surface area contributed by atoms with Gasteiger partial charge in [0.2, 0.25) is 11.8 Å². The fourth-order valence-electron chi connectivity index (χ4n) is 6.41. The molecule has 2 saturated carbocycles. The second-order valence-corrected chi connectivity index (χ2v) is 11.3. The number of carbonyl (C=O) groups is 3. The highest BCUT2D eigenvalue weighted by Gasteiger charge is 2.69. The van der Waals surface area contributed by atoms with Gasteiger partial charge in [-0.05, 0) is 41.9 Å². The van der Waals surface area contributed by atoms with Gasteiger partial charge in [-0.2, -0.15) is 0 Å².